The number of nitrogens with zero attached hydrogens (tertiary/aromatic N) is 3. The van der Waals surface area contributed by atoms with E-state index in [0.29, 0.717) is 42.9 Å². The van der Waals surface area contributed by atoms with Crippen molar-refractivity contribution < 1.29 is 42.1 Å². The molecule has 5 atom stereocenters. The molecule has 1 aromatic heterocycles. The van der Waals surface area contributed by atoms with Crippen LogP contribution in [0.1, 0.15) is 46.1 Å². The Bertz CT molecular complexity index is 1610. The first-order valence-electron chi connectivity index (χ1n) is 16.1. The summed E-state index contributed by atoms with van der Waals surface area (Å²) in [5, 5.41) is 25.7. The average molecular weight is 675 g/mol. The molecule has 2 fully saturated rings. The molecule has 14 heteroatoms. The van der Waals surface area contributed by atoms with Crippen LogP contribution in [0.2, 0.25) is 0 Å². The Morgan fingerprint density at radius 2 is 1.77 bits per heavy atom. The molecular weight excluding hydrogens is 628 g/mol. The molecule has 2 saturated heterocycles. The summed E-state index contributed by atoms with van der Waals surface area (Å²) in [6.07, 6.45) is -1.88. The SMILES string of the molecule is COc1ccc(CC([C@H](O)CN(CC(C)C)S(=O)(=O)c2ccc3nc(NC(C)C)oc3c2)N(C(=O)O)C2CCOC3OCCC32)cc1. The summed E-state index contributed by atoms with van der Waals surface area (Å²) in [6.45, 7) is 8.20. The maximum atomic E-state index is 14.2. The van der Waals surface area contributed by atoms with Crippen molar-refractivity contribution in [3.8, 4) is 5.75 Å². The number of ether oxygens (including phenoxy) is 3. The number of nitrogens with one attached hydrogen (secondary N) is 1. The number of anilines is 1. The van der Waals surface area contributed by atoms with Crippen LogP contribution in [0.5, 0.6) is 5.75 Å². The number of amides is 1. The van der Waals surface area contributed by atoms with Crippen LogP contribution < -0.4 is 10.1 Å². The first-order valence-corrected chi connectivity index (χ1v) is 17.5. The number of hydrogen-bond donors (Lipinski definition) is 3. The normalized spacial score (nSPS) is 21.3. The van der Waals surface area contributed by atoms with Gasteiger partial charge >= 0.3 is 6.09 Å². The van der Waals surface area contributed by atoms with Gasteiger partial charge in [-0.1, -0.05) is 26.0 Å². The van der Waals surface area contributed by atoms with Gasteiger partial charge in [0.05, 0.1) is 37.4 Å². The number of sulfonamides is 1. The zero-order valence-corrected chi connectivity index (χ0v) is 28.4. The quantitative estimate of drug-likeness (QED) is 0.222. The zero-order chi connectivity index (χ0) is 33.9. The van der Waals surface area contributed by atoms with Crippen LogP contribution in [0.4, 0.5) is 10.8 Å². The largest absolute Gasteiger partial charge is 0.497 e. The van der Waals surface area contributed by atoms with Gasteiger partial charge in [0.25, 0.3) is 6.01 Å². The molecule has 0 saturated carbocycles. The molecule has 258 valence electrons. The monoisotopic (exact) mass is 674 g/mol. The molecule has 0 spiro atoms. The molecule has 0 bridgehead atoms. The number of methoxy groups -OCH3 is 1. The average Bonchev–Trinajstić information content (AvgIpc) is 3.66. The highest BCUT2D eigenvalue weighted by Gasteiger charge is 2.47. The second kappa shape index (κ2) is 14.8. The number of rotatable bonds is 14. The molecule has 2 aliphatic rings. The minimum absolute atomic E-state index is 0.0118. The molecule has 3 aromatic rings. The fraction of sp³-hybridized carbons (Fsp3) is 0.576. The van der Waals surface area contributed by atoms with Crippen LogP contribution >= 0.6 is 0 Å². The van der Waals surface area contributed by atoms with Crippen molar-refractivity contribution >= 4 is 33.2 Å². The second-order valence-electron chi connectivity index (χ2n) is 13.0. The van der Waals surface area contributed by atoms with Crippen LogP contribution in [0.3, 0.4) is 0 Å². The molecule has 3 N–H and O–H groups in total. The van der Waals surface area contributed by atoms with Crippen molar-refractivity contribution in [2.45, 2.75) is 82.4 Å². The van der Waals surface area contributed by atoms with E-state index in [2.05, 4.69) is 10.3 Å². The fourth-order valence-corrected chi connectivity index (χ4v) is 8.11. The van der Waals surface area contributed by atoms with E-state index in [1.54, 1.807) is 25.3 Å². The highest BCUT2D eigenvalue weighted by atomic mass is 32.2. The van der Waals surface area contributed by atoms with Crippen LogP contribution in [0.15, 0.2) is 51.8 Å². The van der Waals surface area contributed by atoms with Gasteiger partial charge in [-0.15, -0.1) is 0 Å². The number of aliphatic hydroxyl groups excluding tert-OH is 1. The Morgan fingerprint density at radius 1 is 1.06 bits per heavy atom. The number of oxazole rings is 1. The standard InChI is InChI=1S/C33H46N4O9S/c1-20(2)18-36(47(41,42)24-10-11-26-30(17-24)46-32(35-26)34-21(3)4)19-29(38)28(16-22-6-8-23(43-5)9-7-22)37(33(39)40)27-13-15-45-31-25(27)12-14-44-31/h6-11,17,20-21,25,27-29,31,38H,12-16,18-19H2,1-5H3,(H,34,35)(H,39,40)/t25?,27?,28?,29-,31?/m1/s1. The maximum absolute atomic E-state index is 14.2. The summed E-state index contributed by atoms with van der Waals surface area (Å²) in [7, 11) is -2.59. The number of fused-ring (bicyclic) bond motifs is 2. The molecule has 4 unspecified atom stereocenters. The number of aliphatic hydroxyl groups is 1. The van der Waals surface area contributed by atoms with Gasteiger partial charge in [-0.3, -0.25) is 4.90 Å². The van der Waals surface area contributed by atoms with Crippen molar-refractivity contribution in [3.63, 3.8) is 0 Å². The summed E-state index contributed by atoms with van der Waals surface area (Å²) in [6, 6.07) is 10.6. The van der Waals surface area contributed by atoms with Gasteiger partial charge in [-0.25, -0.2) is 13.2 Å². The molecule has 13 nitrogen and oxygen atoms in total. The van der Waals surface area contributed by atoms with Crippen molar-refractivity contribution in [1.29, 1.82) is 0 Å². The summed E-state index contributed by atoms with van der Waals surface area (Å²) in [4.78, 5) is 18.7. The van der Waals surface area contributed by atoms with Crippen LogP contribution in [0, 0.1) is 11.8 Å². The number of carbonyl (C=O) groups is 1. The zero-order valence-electron chi connectivity index (χ0n) is 27.5. The Hall–Kier alpha value is -3.43. The van der Waals surface area contributed by atoms with Gasteiger partial charge in [0.1, 0.15) is 11.3 Å². The lowest BCUT2D eigenvalue weighted by Crippen LogP contribution is -2.59. The minimum Gasteiger partial charge on any atom is -0.497 e. The van der Waals surface area contributed by atoms with E-state index in [9.17, 15) is 23.4 Å². The second-order valence-corrected chi connectivity index (χ2v) is 14.9. The molecule has 0 aliphatic carbocycles. The first-order chi connectivity index (χ1) is 22.4. The summed E-state index contributed by atoms with van der Waals surface area (Å²) in [5.74, 6) is 0.348. The molecule has 3 heterocycles. The Kier molecular flexibility index (Phi) is 11.0. The minimum atomic E-state index is -4.15. The predicted octanol–water partition coefficient (Wildman–Crippen LogP) is 4.41. The number of carboxylic acid groups (broad SMARTS) is 1. The van der Waals surface area contributed by atoms with Gasteiger partial charge in [-0.05, 0) is 68.9 Å². The third-order valence-corrected chi connectivity index (χ3v) is 10.5. The van der Waals surface area contributed by atoms with E-state index < -0.39 is 40.6 Å². The number of aromatic nitrogens is 1. The van der Waals surface area contributed by atoms with Crippen molar-refractivity contribution in [1.82, 2.24) is 14.2 Å². The molecular formula is C33H46N4O9S. The lowest BCUT2D eigenvalue weighted by molar-refractivity contribution is -0.172. The topological polar surface area (TPSA) is 164 Å². The third-order valence-electron chi connectivity index (χ3n) is 8.63. The van der Waals surface area contributed by atoms with E-state index in [1.807, 2.05) is 39.8 Å². The van der Waals surface area contributed by atoms with Gasteiger partial charge in [0, 0.05) is 37.2 Å². The first kappa shape index (κ1) is 34.9. The van der Waals surface area contributed by atoms with Gasteiger partial charge in [0.15, 0.2) is 11.9 Å². The Balaban J connectivity index is 1.48. The van der Waals surface area contributed by atoms with Crippen molar-refractivity contribution in [2.75, 3.05) is 38.7 Å². The molecule has 5 rings (SSSR count). The van der Waals surface area contributed by atoms with Crippen LogP contribution in [0.25, 0.3) is 11.1 Å². The highest BCUT2D eigenvalue weighted by Crippen LogP contribution is 2.36. The van der Waals surface area contributed by atoms with Crippen LogP contribution in [-0.2, 0) is 25.9 Å². The lowest BCUT2D eigenvalue weighted by atomic mass is 9.88. The summed E-state index contributed by atoms with van der Waals surface area (Å²) < 4.78 is 52.2. The Labute approximate surface area is 275 Å². The van der Waals surface area contributed by atoms with E-state index in [1.165, 1.54) is 21.3 Å². The molecule has 2 aliphatic heterocycles. The summed E-state index contributed by atoms with van der Waals surface area (Å²) in [5.41, 5.74) is 1.58. The van der Waals surface area contributed by atoms with Gasteiger partial charge < -0.3 is 34.2 Å². The highest BCUT2D eigenvalue weighted by molar-refractivity contribution is 7.89. The number of hydrogen-bond acceptors (Lipinski definition) is 10. The summed E-state index contributed by atoms with van der Waals surface area (Å²) >= 11 is 0. The third kappa shape index (κ3) is 8.00. The molecule has 2 aromatic carbocycles. The van der Waals surface area contributed by atoms with Crippen molar-refractivity contribution in [3.05, 3.63) is 48.0 Å². The molecule has 1 amide bonds. The Morgan fingerprint density at radius 3 is 2.40 bits per heavy atom. The van der Waals surface area contributed by atoms with E-state index in [0.717, 1.165) is 5.56 Å². The molecule has 0 radical (unpaired) electrons. The molecule has 47 heavy (non-hydrogen) atoms. The van der Waals surface area contributed by atoms with E-state index >= 15 is 0 Å². The van der Waals surface area contributed by atoms with Gasteiger partial charge in [-0.2, -0.15) is 9.29 Å². The predicted molar refractivity (Wildman–Crippen MR) is 175 cm³/mol. The smallest absolute Gasteiger partial charge is 0.407 e. The van der Waals surface area contributed by atoms with Crippen molar-refractivity contribution in [2.24, 2.45) is 11.8 Å². The van der Waals surface area contributed by atoms with Crippen LogP contribution in [-0.4, -0.2) is 103 Å². The fourth-order valence-electron chi connectivity index (χ4n) is 6.47. The van der Waals surface area contributed by atoms with E-state index in [-0.39, 0.29) is 48.3 Å². The maximum Gasteiger partial charge on any atom is 0.407 e. The number of benzene rings is 2. The van der Waals surface area contributed by atoms with Gasteiger partial charge in [0.2, 0.25) is 10.0 Å². The van der Waals surface area contributed by atoms with E-state index in [4.69, 9.17) is 18.6 Å². The lowest BCUT2D eigenvalue weighted by Gasteiger charge is -2.44.